The smallest absolute Gasteiger partial charge is 0.265 e. The molecule has 0 radical (unpaired) electrons. The second-order valence-electron chi connectivity index (χ2n) is 2.70. The zero-order chi connectivity index (χ0) is 10.9. The molecule has 0 saturated carbocycles. The number of benzene rings is 1. The molecule has 4 nitrogen and oxygen atoms in total. The van der Waals surface area contributed by atoms with Crippen LogP contribution in [0.25, 0.3) is 0 Å². The maximum atomic E-state index is 13.2. The Morgan fingerprint density at radius 3 is 2.43 bits per heavy atom. The molecule has 7 heteroatoms. The summed E-state index contributed by atoms with van der Waals surface area (Å²) < 4.78 is 48.8. The largest absolute Gasteiger partial charge is 0.296 e. The molecule has 78 valence electrons. The van der Waals surface area contributed by atoms with Crippen molar-refractivity contribution in [1.29, 1.82) is 0 Å². The molecule has 0 aliphatic heterocycles. The van der Waals surface area contributed by atoms with Crippen molar-refractivity contribution < 1.29 is 17.2 Å². The number of hydrogen-bond acceptors (Lipinski definition) is 2. The van der Waals surface area contributed by atoms with E-state index in [2.05, 4.69) is 5.14 Å². The molecule has 0 aliphatic carbocycles. The molecular formula is C7H8F2N2O2S. The van der Waals surface area contributed by atoms with Gasteiger partial charge in [0.25, 0.3) is 10.2 Å². The van der Waals surface area contributed by atoms with Crippen molar-refractivity contribution in [2.45, 2.75) is 6.92 Å². The summed E-state index contributed by atoms with van der Waals surface area (Å²) in [7, 11) is -4.17. The minimum absolute atomic E-state index is 0.123. The molecule has 0 saturated heterocycles. The van der Waals surface area contributed by atoms with E-state index in [4.69, 9.17) is 0 Å². The highest BCUT2D eigenvalue weighted by molar-refractivity contribution is 7.90. The highest BCUT2D eigenvalue weighted by atomic mass is 32.2. The third-order valence-corrected chi connectivity index (χ3v) is 2.02. The van der Waals surface area contributed by atoms with Gasteiger partial charge in [-0.25, -0.2) is 13.9 Å². The molecule has 0 amide bonds. The Labute approximate surface area is 79.9 Å². The zero-order valence-electron chi connectivity index (χ0n) is 7.21. The number of rotatable bonds is 2. The lowest BCUT2D eigenvalue weighted by Crippen LogP contribution is -2.23. The van der Waals surface area contributed by atoms with E-state index < -0.39 is 27.5 Å². The van der Waals surface area contributed by atoms with Crippen molar-refractivity contribution >= 4 is 15.9 Å². The SMILES string of the molecule is Cc1ccc(F)c(NS(N)(=O)=O)c1F. The minimum Gasteiger partial charge on any atom is -0.265 e. The van der Waals surface area contributed by atoms with E-state index in [1.54, 1.807) is 4.72 Å². The van der Waals surface area contributed by atoms with Crippen molar-refractivity contribution in [2.75, 3.05) is 4.72 Å². The van der Waals surface area contributed by atoms with Crippen LogP contribution in [-0.2, 0) is 10.2 Å². The number of aryl methyl sites for hydroxylation is 1. The molecule has 0 bridgehead atoms. The van der Waals surface area contributed by atoms with E-state index in [-0.39, 0.29) is 5.56 Å². The van der Waals surface area contributed by atoms with Crippen LogP contribution < -0.4 is 9.86 Å². The summed E-state index contributed by atoms with van der Waals surface area (Å²) in [5.41, 5.74) is -0.634. The van der Waals surface area contributed by atoms with Crippen molar-refractivity contribution in [3.8, 4) is 0 Å². The highest BCUT2D eigenvalue weighted by Gasteiger charge is 2.14. The van der Waals surface area contributed by atoms with Gasteiger partial charge in [-0.1, -0.05) is 6.07 Å². The normalized spacial score (nSPS) is 11.4. The van der Waals surface area contributed by atoms with Crippen molar-refractivity contribution in [2.24, 2.45) is 5.14 Å². The Morgan fingerprint density at radius 2 is 1.93 bits per heavy atom. The molecule has 0 atom stereocenters. The van der Waals surface area contributed by atoms with Crippen molar-refractivity contribution in [3.05, 3.63) is 29.3 Å². The van der Waals surface area contributed by atoms with E-state index in [0.29, 0.717) is 0 Å². The van der Waals surface area contributed by atoms with Gasteiger partial charge in [-0.3, -0.25) is 4.72 Å². The molecule has 0 aliphatic rings. The van der Waals surface area contributed by atoms with E-state index in [0.717, 1.165) is 6.07 Å². The molecule has 1 aromatic rings. The summed E-state index contributed by atoms with van der Waals surface area (Å²) in [6.45, 7) is 1.38. The first-order valence-electron chi connectivity index (χ1n) is 3.56. The van der Waals surface area contributed by atoms with Gasteiger partial charge in [-0.05, 0) is 18.6 Å². The second kappa shape index (κ2) is 3.50. The van der Waals surface area contributed by atoms with Crippen LogP contribution in [-0.4, -0.2) is 8.42 Å². The number of nitrogens with one attached hydrogen (secondary N) is 1. The maximum Gasteiger partial charge on any atom is 0.296 e. The molecule has 0 heterocycles. The molecule has 1 rings (SSSR count). The number of nitrogens with two attached hydrogens (primary N) is 1. The van der Waals surface area contributed by atoms with Gasteiger partial charge in [0.2, 0.25) is 0 Å². The quantitative estimate of drug-likeness (QED) is 0.779. The van der Waals surface area contributed by atoms with Crippen LogP contribution in [0.1, 0.15) is 5.56 Å². The third-order valence-electron chi connectivity index (χ3n) is 1.53. The number of anilines is 1. The average molecular weight is 222 g/mol. The molecule has 1 aromatic carbocycles. The summed E-state index contributed by atoms with van der Waals surface area (Å²) in [6.07, 6.45) is 0. The fraction of sp³-hybridized carbons (Fsp3) is 0.143. The van der Waals surface area contributed by atoms with Gasteiger partial charge in [-0.2, -0.15) is 8.42 Å². The summed E-state index contributed by atoms with van der Waals surface area (Å²) in [6, 6.07) is 2.14. The van der Waals surface area contributed by atoms with Crippen LogP contribution >= 0.6 is 0 Å². The predicted octanol–water partition coefficient (Wildman–Crippen LogP) is 0.889. The fourth-order valence-electron chi connectivity index (χ4n) is 0.892. The van der Waals surface area contributed by atoms with Crippen LogP contribution in [0.2, 0.25) is 0 Å². The topological polar surface area (TPSA) is 72.2 Å². The predicted molar refractivity (Wildman–Crippen MR) is 47.8 cm³/mol. The Morgan fingerprint density at radius 1 is 1.36 bits per heavy atom. The van der Waals surface area contributed by atoms with E-state index in [1.165, 1.54) is 13.0 Å². The molecule has 0 spiro atoms. The molecule has 3 N–H and O–H groups in total. The first kappa shape index (κ1) is 10.9. The minimum atomic E-state index is -4.17. The fourth-order valence-corrected chi connectivity index (χ4v) is 1.36. The lowest BCUT2D eigenvalue weighted by atomic mass is 10.2. The zero-order valence-corrected chi connectivity index (χ0v) is 8.03. The Balaban J connectivity index is 3.27. The Kier molecular flexibility index (Phi) is 2.72. The Bertz CT molecular complexity index is 459. The molecular weight excluding hydrogens is 214 g/mol. The molecule has 0 unspecified atom stereocenters. The molecule has 0 fully saturated rings. The standard InChI is InChI=1S/C7H8F2N2O2S/c1-4-2-3-5(8)7(6(4)9)11-14(10,12)13/h2-3,11H,1H3,(H2,10,12,13). The van der Waals surface area contributed by atoms with Gasteiger partial charge >= 0.3 is 0 Å². The summed E-state index contributed by atoms with van der Waals surface area (Å²) in [5, 5.41) is 4.58. The van der Waals surface area contributed by atoms with Crippen LogP contribution in [0.5, 0.6) is 0 Å². The van der Waals surface area contributed by atoms with Gasteiger partial charge in [0, 0.05) is 0 Å². The lowest BCUT2D eigenvalue weighted by molar-refractivity contribution is 0.579. The third kappa shape index (κ3) is 2.39. The van der Waals surface area contributed by atoms with Gasteiger partial charge in [-0.15, -0.1) is 0 Å². The summed E-state index contributed by atoms with van der Waals surface area (Å²) in [5.74, 6) is -1.99. The first-order valence-corrected chi connectivity index (χ1v) is 5.11. The van der Waals surface area contributed by atoms with Gasteiger partial charge in [0.1, 0.15) is 11.5 Å². The maximum absolute atomic E-state index is 13.2. The number of hydrogen-bond donors (Lipinski definition) is 2. The van der Waals surface area contributed by atoms with E-state index >= 15 is 0 Å². The van der Waals surface area contributed by atoms with E-state index in [1.807, 2.05) is 0 Å². The average Bonchev–Trinajstić information content (AvgIpc) is 2.04. The first-order chi connectivity index (χ1) is 6.31. The summed E-state index contributed by atoms with van der Waals surface area (Å²) >= 11 is 0. The monoisotopic (exact) mass is 222 g/mol. The number of halogens is 2. The molecule has 0 aromatic heterocycles. The van der Waals surface area contributed by atoms with Crippen molar-refractivity contribution in [3.63, 3.8) is 0 Å². The van der Waals surface area contributed by atoms with Gasteiger partial charge in [0.05, 0.1) is 0 Å². The van der Waals surface area contributed by atoms with E-state index in [9.17, 15) is 17.2 Å². The summed E-state index contributed by atoms with van der Waals surface area (Å²) in [4.78, 5) is 0. The molecule has 14 heavy (non-hydrogen) atoms. The van der Waals surface area contributed by atoms with Crippen molar-refractivity contribution in [1.82, 2.24) is 0 Å². The van der Waals surface area contributed by atoms with Crippen LogP contribution in [0, 0.1) is 18.6 Å². The van der Waals surface area contributed by atoms with Crippen LogP contribution in [0.4, 0.5) is 14.5 Å². The Hall–Kier alpha value is -1.21. The van der Waals surface area contributed by atoms with Gasteiger partial charge < -0.3 is 0 Å². The highest BCUT2D eigenvalue weighted by Crippen LogP contribution is 2.21. The van der Waals surface area contributed by atoms with Gasteiger partial charge in [0.15, 0.2) is 5.82 Å². The van der Waals surface area contributed by atoms with Crippen LogP contribution in [0.3, 0.4) is 0 Å². The lowest BCUT2D eigenvalue weighted by Gasteiger charge is -2.07. The second-order valence-corrected chi connectivity index (χ2v) is 3.99. The van der Waals surface area contributed by atoms with Crippen LogP contribution in [0.15, 0.2) is 12.1 Å².